The number of benzene rings is 1. The highest BCUT2D eigenvalue weighted by Crippen LogP contribution is 2.24. The minimum absolute atomic E-state index is 0.343. The van der Waals surface area contributed by atoms with Crippen LogP contribution in [0, 0.1) is 5.92 Å². The van der Waals surface area contributed by atoms with Gasteiger partial charge in [-0.25, -0.2) is 4.79 Å². The molecule has 0 aromatic heterocycles. The fourth-order valence-corrected chi connectivity index (χ4v) is 1.99. The molecule has 118 valence electrons. The summed E-state index contributed by atoms with van der Waals surface area (Å²) in [6.45, 7) is 9.63. The predicted molar refractivity (Wildman–Crippen MR) is 84.7 cm³/mol. The molecule has 0 saturated heterocycles. The summed E-state index contributed by atoms with van der Waals surface area (Å²) in [7, 11) is 0. The van der Waals surface area contributed by atoms with Crippen molar-refractivity contribution in [2.45, 2.75) is 40.3 Å². The van der Waals surface area contributed by atoms with E-state index in [1.807, 2.05) is 6.07 Å². The smallest absolute Gasteiger partial charge is 0.347 e. The van der Waals surface area contributed by atoms with Crippen LogP contribution in [0.1, 0.15) is 33.3 Å². The van der Waals surface area contributed by atoms with E-state index in [1.54, 1.807) is 26.0 Å². The van der Waals surface area contributed by atoms with Gasteiger partial charge in [0.25, 0.3) is 0 Å². The lowest BCUT2D eigenvalue weighted by atomic mass is 10.1. The first-order valence-corrected chi connectivity index (χ1v) is 7.64. The van der Waals surface area contributed by atoms with Crippen molar-refractivity contribution in [2.24, 2.45) is 5.92 Å². The van der Waals surface area contributed by atoms with E-state index in [0.717, 1.165) is 12.1 Å². The highest BCUT2D eigenvalue weighted by Gasteiger charge is 2.17. The highest BCUT2D eigenvalue weighted by molar-refractivity contribution is 6.30. The Hall–Kier alpha value is -1.26. The van der Waals surface area contributed by atoms with E-state index in [0.29, 0.717) is 29.8 Å². The summed E-state index contributed by atoms with van der Waals surface area (Å²) in [5, 5.41) is 3.99. The summed E-state index contributed by atoms with van der Waals surface area (Å²) in [6.07, 6.45) is -0.644. The first kappa shape index (κ1) is 17.8. The molecule has 0 aliphatic rings. The highest BCUT2D eigenvalue weighted by atomic mass is 35.5. The third kappa shape index (κ3) is 6.36. The third-order valence-corrected chi connectivity index (χ3v) is 3.05. The minimum Gasteiger partial charge on any atom is -0.479 e. The van der Waals surface area contributed by atoms with Gasteiger partial charge in [-0.1, -0.05) is 25.4 Å². The van der Waals surface area contributed by atoms with Crippen LogP contribution in [0.5, 0.6) is 5.75 Å². The largest absolute Gasteiger partial charge is 0.479 e. The van der Waals surface area contributed by atoms with Gasteiger partial charge >= 0.3 is 5.97 Å². The van der Waals surface area contributed by atoms with Crippen molar-refractivity contribution in [3.05, 3.63) is 28.8 Å². The zero-order valence-electron chi connectivity index (χ0n) is 13.1. The molecule has 0 radical (unpaired) electrons. The lowest BCUT2D eigenvalue weighted by Gasteiger charge is -2.17. The monoisotopic (exact) mass is 313 g/mol. The molecule has 1 N–H and O–H groups in total. The van der Waals surface area contributed by atoms with E-state index in [1.165, 1.54) is 0 Å². The Bertz CT molecular complexity index is 463. The number of carbonyl (C=O) groups is 1. The SMILES string of the molecule is CCOC(=O)C(C)Oc1ccc(Cl)cc1CNCC(C)C. The molecule has 0 heterocycles. The van der Waals surface area contributed by atoms with Gasteiger partial charge in [-0.3, -0.25) is 0 Å². The quantitative estimate of drug-likeness (QED) is 0.747. The molecule has 0 aliphatic heterocycles. The van der Waals surface area contributed by atoms with E-state index in [-0.39, 0.29) is 5.97 Å². The van der Waals surface area contributed by atoms with Gasteiger partial charge in [0.1, 0.15) is 5.75 Å². The maximum absolute atomic E-state index is 11.6. The van der Waals surface area contributed by atoms with Crippen LogP contribution in [0.3, 0.4) is 0 Å². The van der Waals surface area contributed by atoms with Gasteiger partial charge in [0.15, 0.2) is 6.10 Å². The molecule has 1 rings (SSSR count). The van der Waals surface area contributed by atoms with Crippen LogP contribution in [0.15, 0.2) is 18.2 Å². The Balaban J connectivity index is 2.74. The molecule has 0 aliphatic carbocycles. The number of nitrogens with one attached hydrogen (secondary N) is 1. The standard InChI is InChI=1S/C16H24ClNO3/c1-5-20-16(19)12(4)21-15-7-6-14(17)8-13(15)10-18-9-11(2)3/h6-8,11-12,18H,5,9-10H2,1-4H3. The molecule has 4 nitrogen and oxygen atoms in total. The van der Waals surface area contributed by atoms with E-state index < -0.39 is 6.10 Å². The van der Waals surface area contributed by atoms with Crippen molar-refractivity contribution in [2.75, 3.05) is 13.2 Å². The summed E-state index contributed by atoms with van der Waals surface area (Å²) in [6, 6.07) is 5.38. The Morgan fingerprint density at radius 2 is 2.05 bits per heavy atom. The summed E-state index contributed by atoms with van der Waals surface area (Å²) in [5.41, 5.74) is 0.930. The number of ether oxygens (including phenoxy) is 2. The summed E-state index contributed by atoms with van der Waals surface area (Å²) in [4.78, 5) is 11.6. The van der Waals surface area contributed by atoms with Gasteiger partial charge in [-0.2, -0.15) is 0 Å². The number of esters is 1. The maximum Gasteiger partial charge on any atom is 0.347 e. The summed E-state index contributed by atoms with van der Waals surface area (Å²) >= 11 is 6.03. The van der Waals surface area contributed by atoms with Crippen molar-refractivity contribution in [1.82, 2.24) is 5.32 Å². The van der Waals surface area contributed by atoms with Gasteiger partial charge in [0.05, 0.1) is 6.61 Å². The molecule has 21 heavy (non-hydrogen) atoms. The number of rotatable bonds is 8. The van der Waals surface area contributed by atoms with Crippen LogP contribution >= 0.6 is 11.6 Å². The minimum atomic E-state index is -0.644. The number of hydrogen-bond acceptors (Lipinski definition) is 4. The van der Waals surface area contributed by atoms with Gasteiger partial charge in [0, 0.05) is 17.1 Å². The van der Waals surface area contributed by atoms with E-state index in [9.17, 15) is 4.79 Å². The molecule has 1 unspecified atom stereocenters. The van der Waals surface area contributed by atoms with Crippen molar-refractivity contribution < 1.29 is 14.3 Å². The average molecular weight is 314 g/mol. The molecule has 1 atom stereocenters. The Kier molecular flexibility index (Phi) is 7.54. The van der Waals surface area contributed by atoms with Crippen LogP contribution in [0.4, 0.5) is 0 Å². The predicted octanol–water partition coefficient (Wildman–Crippen LogP) is 3.42. The molecule has 0 spiro atoms. The molecule has 0 saturated carbocycles. The Morgan fingerprint density at radius 1 is 1.33 bits per heavy atom. The number of carbonyl (C=O) groups excluding carboxylic acids is 1. The first-order valence-electron chi connectivity index (χ1n) is 7.26. The van der Waals surface area contributed by atoms with E-state index >= 15 is 0 Å². The Labute approximate surface area is 131 Å². The van der Waals surface area contributed by atoms with E-state index in [4.69, 9.17) is 21.1 Å². The molecule has 5 heteroatoms. The van der Waals surface area contributed by atoms with Crippen LogP contribution in [-0.4, -0.2) is 25.2 Å². The second-order valence-electron chi connectivity index (χ2n) is 5.29. The van der Waals surface area contributed by atoms with Crippen LogP contribution in [0.2, 0.25) is 5.02 Å². The average Bonchev–Trinajstić information content (AvgIpc) is 2.41. The number of halogens is 1. The molecular formula is C16H24ClNO3. The van der Waals surface area contributed by atoms with Gasteiger partial charge in [-0.15, -0.1) is 0 Å². The van der Waals surface area contributed by atoms with E-state index in [2.05, 4.69) is 19.2 Å². The molecular weight excluding hydrogens is 290 g/mol. The lowest BCUT2D eigenvalue weighted by Crippen LogP contribution is -2.27. The molecule has 1 aromatic carbocycles. The zero-order chi connectivity index (χ0) is 15.8. The fraction of sp³-hybridized carbons (Fsp3) is 0.562. The third-order valence-electron chi connectivity index (χ3n) is 2.81. The van der Waals surface area contributed by atoms with Gasteiger partial charge in [-0.05, 0) is 44.5 Å². The van der Waals surface area contributed by atoms with Crippen LogP contribution < -0.4 is 10.1 Å². The summed E-state index contributed by atoms with van der Waals surface area (Å²) in [5.74, 6) is 0.844. The molecule has 0 bridgehead atoms. The Morgan fingerprint density at radius 3 is 2.67 bits per heavy atom. The van der Waals surface area contributed by atoms with Gasteiger partial charge in [0.2, 0.25) is 0 Å². The second kappa shape index (κ2) is 8.90. The van der Waals surface area contributed by atoms with Crippen molar-refractivity contribution in [3.8, 4) is 5.75 Å². The molecule has 0 amide bonds. The van der Waals surface area contributed by atoms with Crippen LogP contribution in [-0.2, 0) is 16.1 Å². The molecule has 1 aromatic rings. The van der Waals surface area contributed by atoms with Crippen LogP contribution in [0.25, 0.3) is 0 Å². The topological polar surface area (TPSA) is 47.6 Å². The lowest BCUT2D eigenvalue weighted by molar-refractivity contribution is -0.150. The zero-order valence-corrected chi connectivity index (χ0v) is 13.9. The van der Waals surface area contributed by atoms with Crippen molar-refractivity contribution in [1.29, 1.82) is 0 Å². The second-order valence-corrected chi connectivity index (χ2v) is 5.73. The van der Waals surface area contributed by atoms with Gasteiger partial charge < -0.3 is 14.8 Å². The maximum atomic E-state index is 11.6. The first-order chi connectivity index (χ1) is 9.93. The van der Waals surface area contributed by atoms with Crippen molar-refractivity contribution >= 4 is 17.6 Å². The fourth-order valence-electron chi connectivity index (χ4n) is 1.79. The summed E-state index contributed by atoms with van der Waals surface area (Å²) < 4.78 is 10.6. The van der Waals surface area contributed by atoms with Crippen molar-refractivity contribution in [3.63, 3.8) is 0 Å². The normalized spacial score (nSPS) is 12.3. The molecule has 0 fully saturated rings. The number of hydrogen-bond donors (Lipinski definition) is 1.